The number of amides is 1. The van der Waals surface area contributed by atoms with Crippen LogP contribution in [0.4, 0.5) is 0 Å². The second kappa shape index (κ2) is 5.79. The van der Waals surface area contributed by atoms with Gasteiger partial charge in [0.25, 0.3) is 5.91 Å². The lowest BCUT2D eigenvalue weighted by Crippen LogP contribution is -2.26. The van der Waals surface area contributed by atoms with E-state index in [2.05, 4.69) is 10.3 Å². The van der Waals surface area contributed by atoms with Gasteiger partial charge in [-0.1, -0.05) is 6.07 Å². The van der Waals surface area contributed by atoms with Gasteiger partial charge in [-0.2, -0.15) is 0 Å². The molecule has 0 aliphatic heterocycles. The van der Waals surface area contributed by atoms with Gasteiger partial charge >= 0.3 is 0 Å². The fourth-order valence-electron chi connectivity index (χ4n) is 1.63. The lowest BCUT2D eigenvalue weighted by molar-refractivity contribution is 0.0936. The summed E-state index contributed by atoms with van der Waals surface area (Å²) in [5, 5.41) is 4.91. The average Bonchev–Trinajstić information content (AvgIpc) is 3.00. The van der Waals surface area contributed by atoms with E-state index in [1.807, 2.05) is 29.0 Å². The van der Waals surface area contributed by atoms with E-state index in [-0.39, 0.29) is 11.9 Å². The van der Waals surface area contributed by atoms with E-state index in [0.717, 1.165) is 4.88 Å². The number of aromatic nitrogens is 2. The average molecular weight is 264 g/mol. The van der Waals surface area contributed by atoms with Crippen molar-refractivity contribution in [2.24, 2.45) is 5.73 Å². The summed E-state index contributed by atoms with van der Waals surface area (Å²) in [7, 11) is 0. The molecule has 0 fully saturated rings. The third-order valence-electron chi connectivity index (χ3n) is 2.57. The Balaban J connectivity index is 1.98. The lowest BCUT2D eigenvalue weighted by Gasteiger charge is -2.10. The van der Waals surface area contributed by atoms with Crippen LogP contribution < -0.4 is 11.1 Å². The molecule has 0 aliphatic carbocycles. The van der Waals surface area contributed by atoms with E-state index in [9.17, 15) is 4.79 Å². The third kappa shape index (κ3) is 2.96. The highest BCUT2D eigenvalue weighted by Crippen LogP contribution is 2.18. The molecule has 0 radical (unpaired) electrons. The minimum absolute atomic E-state index is 0.00263. The minimum Gasteiger partial charge on any atom is -0.343 e. The molecule has 2 aromatic rings. The van der Waals surface area contributed by atoms with Crippen LogP contribution in [0, 0.1) is 0 Å². The summed E-state index contributed by atoms with van der Waals surface area (Å²) >= 11 is 1.62. The fraction of sp³-hybridized carbons (Fsp3) is 0.333. The standard InChI is InChI=1S/C12H16N4OS/c1-9(11-3-2-6-18-11)15-12(17)10-7-16(5-4-13)8-14-10/h2-3,6-9H,4-5,13H2,1H3,(H,15,17)/t9-/m1/s1. The van der Waals surface area contributed by atoms with Crippen molar-refractivity contribution in [1.82, 2.24) is 14.9 Å². The summed E-state index contributed by atoms with van der Waals surface area (Å²) in [6.45, 7) is 3.16. The SMILES string of the molecule is C[C@@H](NC(=O)c1cn(CCN)cn1)c1cccs1. The molecular formula is C12H16N4OS. The second-order valence-corrected chi connectivity index (χ2v) is 4.98. The number of rotatable bonds is 5. The Morgan fingerprint density at radius 3 is 3.17 bits per heavy atom. The van der Waals surface area contributed by atoms with E-state index >= 15 is 0 Å². The van der Waals surface area contributed by atoms with Crippen molar-refractivity contribution in [1.29, 1.82) is 0 Å². The molecule has 0 aliphatic rings. The van der Waals surface area contributed by atoms with Crippen molar-refractivity contribution in [2.45, 2.75) is 19.5 Å². The van der Waals surface area contributed by atoms with Crippen molar-refractivity contribution < 1.29 is 4.79 Å². The molecule has 2 aromatic heterocycles. The van der Waals surface area contributed by atoms with Gasteiger partial charge in [0.1, 0.15) is 5.69 Å². The van der Waals surface area contributed by atoms with Crippen LogP contribution >= 0.6 is 11.3 Å². The highest BCUT2D eigenvalue weighted by atomic mass is 32.1. The summed E-state index contributed by atoms with van der Waals surface area (Å²) in [4.78, 5) is 17.2. The molecule has 2 rings (SSSR count). The molecular weight excluding hydrogens is 248 g/mol. The quantitative estimate of drug-likeness (QED) is 0.857. The summed E-state index contributed by atoms with van der Waals surface area (Å²) < 4.78 is 1.81. The molecule has 2 heterocycles. The number of hydrogen-bond donors (Lipinski definition) is 2. The van der Waals surface area contributed by atoms with E-state index in [1.54, 1.807) is 23.9 Å². The third-order valence-corrected chi connectivity index (χ3v) is 3.63. The van der Waals surface area contributed by atoms with Gasteiger partial charge < -0.3 is 15.6 Å². The number of nitrogens with one attached hydrogen (secondary N) is 1. The molecule has 5 nitrogen and oxygen atoms in total. The maximum Gasteiger partial charge on any atom is 0.271 e. The number of nitrogens with two attached hydrogens (primary N) is 1. The summed E-state index contributed by atoms with van der Waals surface area (Å²) in [5.74, 6) is -0.160. The van der Waals surface area contributed by atoms with Crippen LogP contribution in [0.3, 0.4) is 0 Å². The molecule has 3 N–H and O–H groups in total. The number of nitrogens with zero attached hydrogens (tertiary/aromatic N) is 2. The predicted molar refractivity (Wildman–Crippen MR) is 71.5 cm³/mol. The zero-order chi connectivity index (χ0) is 13.0. The van der Waals surface area contributed by atoms with E-state index in [4.69, 9.17) is 5.73 Å². The zero-order valence-electron chi connectivity index (χ0n) is 10.2. The van der Waals surface area contributed by atoms with Crippen molar-refractivity contribution in [2.75, 3.05) is 6.54 Å². The Morgan fingerprint density at radius 1 is 1.67 bits per heavy atom. The monoisotopic (exact) mass is 264 g/mol. The molecule has 0 spiro atoms. The summed E-state index contributed by atoms with van der Waals surface area (Å²) in [6, 6.07) is 3.97. The van der Waals surface area contributed by atoms with Gasteiger partial charge in [0.15, 0.2) is 0 Å². The van der Waals surface area contributed by atoms with Crippen LogP contribution in [0.1, 0.15) is 28.3 Å². The van der Waals surface area contributed by atoms with Gasteiger partial charge in [0, 0.05) is 24.2 Å². The molecule has 18 heavy (non-hydrogen) atoms. The van der Waals surface area contributed by atoms with E-state index in [0.29, 0.717) is 18.8 Å². The molecule has 6 heteroatoms. The van der Waals surface area contributed by atoms with Crippen LogP contribution in [0.5, 0.6) is 0 Å². The normalized spacial score (nSPS) is 12.3. The van der Waals surface area contributed by atoms with Crippen LogP contribution in [0.2, 0.25) is 0 Å². The molecule has 0 saturated heterocycles. The Bertz CT molecular complexity index is 506. The predicted octanol–water partition coefficient (Wildman–Crippen LogP) is 1.39. The zero-order valence-corrected chi connectivity index (χ0v) is 11.0. The number of carbonyl (C=O) groups is 1. The maximum absolute atomic E-state index is 12.0. The Hall–Kier alpha value is -1.66. The van der Waals surface area contributed by atoms with E-state index < -0.39 is 0 Å². The van der Waals surface area contributed by atoms with Gasteiger partial charge in [-0.15, -0.1) is 11.3 Å². The first-order chi connectivity index (χ1) is 8.70. The topological polar surface area (TPSA) is 72.9 Å². The largest absolute Gasteiger partial charge is 0.343 e. The van der Waals surface area contributed by atoms with Gasteiger partial charge in [-0.3, -0.25) is 4.79 Å². The van der Waals surface area contributed by atoms with Crippen molar-refractivity contribution in [3.63, 3.8) is 0 Å². The number of imidazole rings is 1. The molecule has 1 amide bonds. The molecule has 0 bridgehead atoms. The first-order valence-corrected chi connectivity index (χ1v) is 6.65. The number of thiophene rings is 1. The van der Waals surface area contributed by atoms with Gasteiger partial charge in [0.2, 0.25) is 0 Å². The molecule has 0 saturated carbocycles. The van der Waals surface area contributed by atoms with Crippen molar-refractivity contribution >= 4 is 17.2 Å². The molecule has 1 atom stereocenters. The Morgan fingerprint density at radius 2 is 2.50 bits per heavy atom. The smallest absolute Gasteiger partial charge is 0.271 e. The lowest BCUT2D eigenvalue weighted by atomic mass is 10.2. The van der Waals surface area contributed by atoms with Gasteiger partial charge in [-0.05, 0) is 18.4 Å². The maximum atomic E-state index is 12.0. The number of carbonyl (C=O) groups excluding carboxylic acids is 1. The fourth-order valence-corrected chi connectivity index (χ4v) is 2.36. The summed E-state index contributed by atoms with van der Waals surface area (Å²) in [5.41, 5.74) is 5.87. The highest BCUT2D eigenvalue weighted by Gasteiger charge is 2.14. The highest BCUT2D eigenvalue weighted by molar-refractivity contribution is 7.10. The van der Waals surface area contributed by atoms with Crippen LogP contribution in [-0.2, 0) is 6.54 Å². The molecule has 96 valence electrons. The second-order valence-electron chi connectivity index (χ2n) is 4.00. The first kappa shape index (κ1) is 12.8. The van der Waals surface area contributed by atoms with Crippen LogP contribution in [-0.4, -0.2) is 22.0 Å². The Labute approximate surface area is 110 Å². The van der Waals surface area contributed by atoms with Crippen LogP contribution in [0.25, 0.3) is 0 Å². The Kier molecular flexibility index (Phi) is 4.11. The molecule has 0 unspecified atom stereocenters. The first-order valence-electron chi connectivity index (χ1n) is 5.77. The minimum atomic E-state index is -0.160. The van der Waals surface area contributed by atoms with Crippen molar-refractivity contribution in [3.05, 3.63) is 40.6 Å². The summed E-state index contributed by atoms with van der Waals surface area (Å²) in [6.07, 6.45) is 3.33. The molecule has 0 aromatic carbocycles. The van der Waals surface area contributed by atoms with E-state index in [1.165, 1.54) is 0 Å². The van der Waals surface area contributed by atoms with Gasteiger partial charge in [0.05, 0.1) is 12.4 Å². The van der Waals surface area contributed by atoms with Crippen LogP contribution in [0.15, 0.2) is 30.0 Å². The van der Waals surface area contributed by atoms with Gasteiger partial charge in [-0.25, -0.2) is 4.98 Å². The number of hydrogen-bond acceptors (Lipinski definition) is 4. The van der Waals surface area contributed by atoms with Crippen molar-refractivity contribution in [3.8, 4) is 0 Å².